The minimum absolute atomic E-state index is 0.0268. The summed E-state index contributed by atoms with van der Waals surface area (Å²) in [6.07, 6.45) is 4.56. The summed E-state index contributed by atoms with van der Waals surface area (Å²) in [5, 5.41) is 2.94. The van der Waals surface area contributed by atoms with Crippen molar-refractivity contribution in [3.63, 3.8) is 0 Å². The van der Waals surface area contributed by atoms with Crippen molar-refractivity contribution in [2.24, 2.45) is 0 Å². The van der Waals surface area contributed by atoms with Gasteiger partial charge in [-0.15, -0.1) is 0 Å². The SMILES string of the molecule is CNCc1ccc(S(=O)(=O)Nc2ccncc2Br)nc1. The molecule has 0 aliphatic rings. The lowest BCUT2D eigenvalue weighted by Crippen LogP contribution is -2.15. The molecule has 0 spiro atoms. The fourth-order valence-corrected chi connectivity index (χ4v) is 3.03. The van der Waals surface area contributed by atoms with Gasteiger partial charge in [0.05, 0.1) is 10.2 Å². The summed E-state index contributed by atoms with van der Waals surface area (Å²) in [6, 6.07) is 4.76. The Morgan fingerprint density at radius 2 is 2.05 bits per heavy atom. The molecular formula is C12H13BrN4O2S. The monoisotopic (exact) mass is 356 g/mol. The number of halogens is 1. The summed E-state index contributed by atoms with van der Waals surface area (Å²) < 4.78 is 27.4. The number of nitrogens with zero attached hydrogens (tertiary/aromatic N) is 2. The lowest BCUT2D eigenvalue weighted by atomic mass is 10.3. The number of hydrogen-bond acceptors (Lipinski definition) is 5. The normalized spacial score (nSPS) is 11.3. The number of rotatable bonds is 5. The zero-order valence-corrected chi connectivity index (χ0v) is 13.1. The minimum Gasteiger partial charge on any atom is -0.316 e. The molecule has 2 heterocycles. The Labute approximate surface area is 125 Å². The first kappa shape index (κ1) is 14.9. The average Bonchev–Trinajstić information content (AvgIpc) is 2.42. The standard InChI is InChI=1S/C12H13BrN4O2S/c1-14-6-9-2-3-12(16-7-9)20(18,19)17-11-4-5-15-8-10(11)13/h2-5,7-8,14H,6H2,1H3,(H,15,17). The second-order valence-electron chi connectivity index (χ2n) is 4.00. The Balaban J connectivity index is 2.24. The summed E-state index contributed by atoms with van der Waals surface area (Å²) in [4.78, 5) is 7.85. The molecule has 0 atom stereocenters. The number of aromatic nitrogens is 2. The third-order valence-corrected chi connectivity index (χ3v) is 4.38. The van der Waals surface area contributed by atoms with Gasteiger partial charge in [-0.1, -0.05) is 6.07 Å². The van der Waals surface area contributed by atoms with E-state index in [0.717, 1.165) is 5.56 Å². The molecule has 20 heavy (non-hydrogen) atoms. The van der Waals surface area contributed by atoms with Crippen molar-refractivity contribution in [1.29, 1.82) is 0 Å². The third kappa shape index (κ3) is 3.53. The summed E-state index contributed by atoms with van der Waals surface area (Å²) in [5.41, 5.74) is 1.33. The second kappa shape index (κ2) is 6.29. The van der Waals surface area contributed by atoms with Gasteiger partial charge in [-0.3, -0.25) is 9.71 Å². The molecule has 6 nitrogen and oxygen atoms in total. The van der Waals surface area contributed by atoms with E-state index in [4.69, 9.17) is 0 Å². The van der Waals surface area contributed by atoms with Gasteiger partial charge in [0, 0.05) is 25.1 Å². The van der Waals surface area contributed by atoms with Gasteiger partial charge in [-0.2, -0.15) is 8.42 Å². The van der Waals surface area contributed by atoms with Crippen LogP contribution in [0.3, 0.4) is 0 Å². The molecular weight excluding hydrogens is 344 g/mol. The number of sulfonamides is 1. The van der Waals surface area contributed by atoms with Crippen molar-refractivity contribution >= 4 is 31.6 Å². The molecule has 8 heteroatoms. The fraction of sp³-hybridized carbons (Fsp3) is 0.167. The molecule has 106 valence electrons. The molecule has 2 rings (SSSR count). The van der Waals surface area contributed by atoms with Crippen LogP contribution in [0.15, 0.2) is 46.3 Å². The first-order valence-electron chi connectivity index (χ1n) is 5.75. The fourth-order valence-electron chi connectivity index (χ4n) is 1.53. The highest BCUT2D eigenvalue weighted by Gasteiger charge is 2.16. The molecule has 0 unspecified atom stereocenters. The average molecular weight is 357 g/mol. The summed E-state index contributed by atoms with van der Waals surface area (Å²) in [6.45, 7) is 0.636. The van der Waals surface area contributed by atoms with Crippen LogP contribution in [0.1, 0.15) is 5.56 Å². The molecule has 0 amide bonds. The predicted octanol–water partition coefficient (Wildman–Crippen LogP) is 1.76. The van der Waals surface area contributed by atoms with Crippen LogP contribution in [-0.2, 0) is 16.6 Å². The largest absolute Gasteiger partial charge is 0.316 e. The lowest BCUT2D eigenvalue weighted by Gasteiger charge is -2.09. The first-order valence-corrected chi connectivity index (χ1v) is 8.02. The van der Waals surface area contributed by atoms with Crippen molar-refractivity contribution in [3.8, 4) is 0 Å². The van der Waals surface area contributed by atoms with Crippen LogP contribution < -0.4 is 10.0 Å². The van der Waals surface area contributed by atoms with Gasteiger partial charge in [0.2, 0.25) is 0 Å². The maximum absolute atomic E-state index is 12.2. The van der Waals surface area contributed by atoms with Gasteiger partial charge < -0.3 is 5.32 Å². The summed E-state index contributed by atoms with van der Waals surface area (Å²) >= 11 is 3.24. The van der Waals surface area contributed by atoms with Crippen LogP contribution in [0, 0.1) is 0 Å². The highest BCUT2D eigenvalue weighted by atomic mass is 79.9. The molecule has 0 saturated carbocycles. The molecule has 0 bridgehead atoms. The topological polar surface area (TPSA) is 84.0 Å². The van der Waals surface area contributed by atoms with Crippen molar-refractivity contribution in [2.45, 2.75) is 11.6 Å². The Morgan fingerprint density at radius 1 is 1.25 bits per heavy atom. The van der Waals surface area contributed by atoms with E-state index in [0.29, 0.717) is 16.7 Å². The van der Waals surface area contributed by atoms with E-state index in [9.17, 15) is 8.42 Å². The van der Waals surface area contributed by atoms with Crippen molar-refractivity contribution < 1.29 is 8.42 Å². The molecule has 0 saturated heterocycles. The Kier molecular flexibility index (Phi) is 4.69. The molecule has 0 aliphatic heterocycles. The van der Waals surface area contributed by atoms with Gasteiger partial charge in [-0.25, -0.2) is 4.98 Å². The van der Waals surface area contributed by atoms with E-state index >= 15 is 0 Å². The summed E-state index contributed by atoms with van der Waals surface area (Å²) in [7, 11) is -1.89. The maximum Gasteiger partial charge on any atom is 0.279 e. The van der Waals surface area contributed by atoms with E-state index in [1.54, 1.807) is 12.1 Å². The van der Waals surface area contributed by atoms with Crippen LogP contribution in [0.4, 0.5) is 5.69 Å². The van der Waals surface area contributed by atoms with Crippen molar-refractivity contribution in [2.75, 3.05) is 11.8 Å². The predicted molar refractivity (Wildman–Crippen MR) is 79.7 cm³/mol. The highest BCUT2D eigenvalue weighted by molar-refractivity contribution is 9.10. The lowest BCUT2D eigenvalue weighted by molar-refractivity contribution is 0.597. The summed E-state index contributed by atoms with van der Waals surface area (Å²) in [5.74, 6) is 0. The molecule has 2 N–H and O–H groups in total. The Bertz CT molecular complexity index is 689. The van der Waals surface area contributed by atoms with Gasteiger partial charge in [0.15, 0.2) is 5.03 Å². The zero-order chi connectivity index (χ0) is 14.6. The van der Waals surface area contributed by atoms with Gasteiger partial charge in [0.25, 0.3) is 10.0 Å². The first-order chi connectivity index (χ1) is 9.53. The minimum atomic E-state index is -3.71. The molecule has 2 aromatic rings. The van der Waals surface area contributed by atoms with Crippen LogP contribution in [-0.4, -0.2) is 25.4 Å². The van der Waals surface area contributed by atoms with E-state index in [2.05, 4.69) is 35.9 Å². The van der Waals surface area contributed by atoms with Crippen LogP contribution in [0.25, 0.3) is 0 Å². The van der Waals surface area contributed by atoms with Gasteiger partial charge >= 0.3 is 0 Å². The maximum atomic E-state index is 12.2. The van der Waals surface area contributed by atoms with Crippen LogP contribution in [0.5, 0.6) is 0 Å². The number of anilines is 1. The molecule has 2 aromatic heterocycles. The zero-order valence-electron chi connectivity index (χ0n) is 10.7. The van der Waals surface area contributed by atoms with E-state index in [1.165, 1.54) is 24.7 Å². The quantitative estimate of drug-likeness (QED) is 0.852. The number of pyridine rings is 2. The molecule has 0 fully saturated rings. The van der Waals surface area contributed by atoms with Gasteiger partial charge in [0.1, 0.15) is 0 Å². The molecule has 0 aromatic carbocycles. The smallest absolute Gasteiger partial charge is 0.279 e. The molecule has 0 radical (unpaired) electrons. The van der Waals surface area contributed by atoms with E-state index in [1.807, 2.05) is 7.05 Å². The van der Waals surface area contributed by atoms with Gasteiger partial charge in [-0.05, 0) is 40.7 Å². The highest BCUT2D eigenvalue weighted by Crippen LogP contribution is 2.22. The second-order valence-corrected chi connectivity index (χ2v) is 6.48. The van der Waals surface area contributed by atoms with E-state index in [-0.39, 0.29) is 5.03 Å². The van der Waals surface area contributed by atoms with Crippen molar-refractivity contribution in [1.82, 2.24) is 15.3 Å². The number of hydrogen-bond donors (Lipinski definition) is 2. The Hall–Kier alpha value is -1.51. The number of nitrogens with one attached hydrogen (secondary N) is 2. The van der Waals surface area contributed by atoms with Crippen molar-refractivity contribution in [3.05, 3.63) is 46.8 Å². The third-order valence-electron chi connectivity index (χ3n) is 2.47. The Morgan fingerprint density at radius 3 is 2.65 bits per heavy atom. The van der Waals surface area contributed by atoms with Crippen LogP contribution in [0.2, 0.25) is 0 Å². The van der Waals surface area contributed by atoms with E-state index < -0.39 is 10.0 Å². The molecule has 0 aliphatic carbocycles. The van der Waals surface area contributed by atoms with Crippen LogP contribution >= 0.6 is 15.9 Å².